The summed E-state index contributed by atoms with van der Waals surface area (Å²) in [5, 5.41) is 12.7. The van der Waals surface area contributed by atoms with E-state index in [1.165, 1.54) is 17.9 Å². The Bertz CT molecular complexity index is 609. The number of ether oxygens (including phenoxy) is 1. The standard InChI is InChI=1S/C11H17N3O6S/c1-3-20-10(15)5-4-9(11(16)17)13-21(18,19)8-6-12-14(2)7-8/h6-7,9,13H,3-5H2,1-2H3,(H,16,17)/t9-/m0/s1. The average Bonchev–Trinajstić information content (AvgIpc) is 2.82. The first kappa shape index (κ1) is 17.1. The zero-order chi connectivity index (χ0) is 16.0. The monoisotopic (exact) mass is 319 g/mol. The molecule has 0 bridgehead atoms. The van der Waals surface area contributed by atoms with Crippen LogP contribution in [0.1, 0.15) is 19.8 Å². The number of aryl methyl sites for hydroxylation is 1. The van der Waals surface area contributed by atoms with Gasteiger partial charge in [-0.1, -0.05) is 0 Å². The summed E-state index contributed by atoms with van der Waals surface area (Å²) < 4.78 is 32.0. The fourth-order valence-electron chi connectivity index (χ4n) is 1.52. The smallest absolute Gasteiger partial charge is 0.321 e. The van der Waals surface area contributed by atoms with Crippen molar-refractivity contribution in [1.29, 1.82) is 0 Å². The lowest BCUT2D eigenvalue weighted by molar-refractivity contribution is -0.144. The lowest BCUT2D eigenvalue weighted by Crippen LogP contribution is -2.41. The molecule has 0 aromatic carbocycles. The second kappa shape index (κ2) is 7.18. The highest BCUT2D eigenvalue weighted by molar-refractivity contribution is 7.89. The second-order valence-corrected chi connectivity index (χ2v) is 5.92. The third-order valence-electron chi connectivity index (χ3n) is 2.53. The van der Waals surface area contributed by atoms with Crippen molar-refractivity contribution < 1.29 is 27.9 Å². The molecule has 0 fully saturated rings. The van der Waals surface area contributed by atoms with Crippen molar-refractivity contribution in [2.24, 2.45) is 7.05 Å². The maximum Gasteiger partial charge on any atom is 0.321 e. The molecule has 0 unspecified atom stereocenters. The SMILES string of the molecule is CCOC(=O)CC[C@H](NS(=O)(=O)c1cnn(C)c1)C(=O)O. The van der Waals surface area contributed by atoms with Crippen molar-refractivity contribution in [2.45, 2.75) is 30.7 Å². The summed E-state index contributed by atoms with van der Waals surface area (Å²) in [6, 6.07) is -1.42. The Morgan fingerprint density at radius 3 is 2.67 bits per heavy atom. The minimum atomic E-state index is -4.01. The van der Waals surface area contributed by atoms with Crippen LogP contribution < -0.4 is 4.72 Å². The number of hydrogen-bond acceptors (Lipinski definition) is 6. The normalized spacial score (nSPS) is 12.9. The molecule has 0 saturated carbocycles. The van der Waals surface area contributed by atoms with Crippen molar-refractivity contribution in [3.05, 3.63) is 12.4 Å². The Balaban J connectivity index is 2.74. The lowest BCUT2D eigenvalue weighted by atomic mass is 10.2. The summed E-state index contributed by atoms with van der Waals surface area (Å²) in [4.78, 5) is 22.1. The first-order chi connectivity index (χ1) is 9.76. The molecule has 0 aliphatic heterocycles. The molecule has 1 atom stereocenters. The van der Waals surface area contributed by atoms with E-state index in [9.17, 15) is 18.0 Å². The van der Waals surface area contributed by atoms with Gasteiger partial charge >= 0.3 is 11.9 Å². The van der Waals surface area contributed by atoms with Gasteiger partial charge in [0.25, 0.3) is 0 Å². The summed E-state index contributed by atoms with van der Waals surface area (Å²) in [5.41, 5.74) is 0. The van der Waals surface area contributed by atoms with Gasteiger partial charge in [0.05, 0.1) is 12.8 Å². The summed E-state index contributed by atoms with van der Waals surface area (Å²) in [6.07, 6.45) is 1.95. The largest absolute Gasteiger partial charge is 0.480 e. The van der Waals surface area contributed by atoms with Crippen LogP contribution in [0.2, 0.25) is 0 Å². The first-order valence-corrected chi connectivity index (χ1v) is 7.64. The van der Waals surface area contributed by atoms with E-state index >= 15 is 0 Å². The van der Waals surface area contributed by atoms with Crippen molar-refractivity contribution in [3.63, 3.8) is 0 Å². The number of carbonyl (C=O) groups is 2. The molecule has 0 spiro atoms. The number of sulfonamides is 1. The van der Waals surface area contributed by atoms with E-state index in [1.807, 2.05) is 4.72 Å². The highest BCUT2D eigenvalue weighted by Crippen LogP contribution is 2.09. The van der Waals surface area contributed by atoms with E-state index in [0.29, 0.717) is 0 Å². The predicted octanol–water partition coefficient (Wildman–Crippen LogP) is -0.505. The van der Waals surface area contributed by atoms with Crippen LogP contribution in [0.3, 0.4) is 0 Å². The van der Waals surface area contributed by atoms with Gasteiger partial charge in [-0.2, -0.15) is 9.82 Å². The number of aliphatic carboxylic acids is 1. The molecule has 2 N–H and O–H groups in total. The number of nitrogens with zero attached hydrogens (tertiary/aromatic N) is 2. The molecule has 0 aliphatic carbocycles. The van der Waals surface area contributed by atoms with E-state index < -0.39 is 28.0 Å². The van der Waals surface area contributed by atoms with Gasteiger partial charge in [-0.15, -0.1) is 0 Å². The van der Waals surface area contributed by atoms with Crippen molar-refractivity contribution >= 4 is 22.0 Å². The molecular weight excluding hydrogens is 302 g/mol. The van der Waals surface area contributed by atoms with Crippen LogP contribution in [0.15, 0.2) is 17.3 Å². The van der Waals surface area contributed by atoms with Crippen LogP contribution in [-0.2, 0) is 31.4 Å². The topological polar surface area (TPSA) is 128 Å². The number of rotatable bonds is 8. The Morgan fingerprint density at radius 2 is 2.19 bits per heavy atom. The van der Waals surface area contributed by atoms with Crippen molar-refractivity contribution in [2.75, 3.05) is 6.61 Å². The molecule has 0 amide bonds. The van der Waals surface area contributed by atoms with Crippen LogP contribution in [-0.4, -0.2) is 47.9 Å². The van der Waals surface area contributed by atoms with Gasteiger partial charge in [0.1, 0.15) is 10.9 Å². The summed E-state index contributed by atoms with van der Waals surface area (Å²) >= 11 is 0. The van der Waals surface area contributed by atoms with E-state index in [1.54, 1.807) is 6.92 Å². The molecule has 9 nitrogen and oxygen atoms in total. The molecule has 118 valence electrons. The number of hydrogen-bond donors (Lipinski definition) is 2. The number of carboxylic acids is 1. The highest BCUT2D eigenvalue weighted by atomic mass is 32.2. The minimum absolute atomic E-state index is 0.146. The third kappa shape index (κ3) is 5.16. The van der Waals surface area contributed by atoms with E-state index in [-0.39, 0.29) is 24.3 Å². The molecule has 1 heterocycles. The molecule has 1 aromatic rings. The van der Waals surface area contributed by atoms with Crippen LogP contribution in [0, 0.1) is 0 Å². The average molecular weight is 319 g/mol. The second-order valence-electron chi connectivity index (χ2n) is 4.21. The van der Waals surface area contributed by atoms with Gasteiger partial charge in [-0.25, -0.2) is 8.42 Å². The van der Waals surface area contributed by atoms with Gasteiger partial charge < -0.3 is 9.84 Å². The van der Waals surface area contributed by atoms with Crippen LogP contribution in [0.4, 0.5) is 0 Å². The Kier molecular flexibility index (Phi) is 5.85. The number of carboxylic acid groups (broad SMARTS) is 1. The number of carbonyl (C=O) groups excluding carboxylic acids is 1. The van der Waals surface area contributed by atoms with Crippen LogP contribution >= 0.6 is 0 Å². The maximum atomic E-state index is 12.0. The van der Waals surface area contributed by atoms with Gasteiger partial charge in [-0.3, -0.25) is 14.3 Å². The van der Waals surface area contributed by atoms with Crippen molar-refractivity contribution in [3.8, 4) is 0 Å². The zero-order valence-electron chi connectivity index (χ0n) is 11.6. The fraction of sp³-hybridized carbons (Fsp3) is 0.545. The van der Waals surface area contributed by atoms with Crippen LogP contribution in [0.5, 0.6) is 0 Å². The predicted molar refractivity (Wildman–Crippen MR) is 70.8 cm³/mol. The maximum absolute atomic E-state index is 12.0. The summed E-state index contributed by atoms with van der Waals surface area (Å²) in [6.45, 7) is 1.80. The van der Waals surface area contributed by atoms with Gasteiger partial charge in [0.2, 0.25) is 10.0 Å². The van der Waals surface area contributed by atoms with Gasteiger partial charge in [0.15, 0.2) is 0 Å². The zero-order valence-corrected chi connectivity index (χ0v) is 12.5. The molecule has 0 saturated heterocycles. The Labute approximate surface area is 121 Å². The summed E-state index contributed by atoms with van der Waals surface area (Å²) in [5.74, 6) is -1.95. The summed E-state index contributed by atoms with van der Waals surface area (Å²) in [7, 11) is -2.47. The molecule has 0 aliphatic rings. The molecule has 21 heavy (non-hydrogen) atoms. The number of nitrogens with one attached hydrogen (secondary N) is 1. The Morgan fingerprint density at radius 1 is 1.52 bits per heavy atom. The molecule has 1 aromatic heterocycles. The molecule has 0 radical (unpaired) electrons. The van der Waals surface area contributed by atoms with E-state index in [0.717, 1.165) is 6.20 Å². The lowest BCUT2D eigenvalue weighted by Gasteiger charge is -2.13. The number of esters is 1. The molecular formula is C11H17N3O6S. The highest BCUT2D eigenvalue weighted by Gasteiger charge is 2.26. The van der Waals surface area contributed by atoms with Gasteiger partial charge in [0, 0.05) is 19.7 Å². The molecule has 10 heteroatoms. The third-order valence-corrected chi connectivity index (χ3v) is 3.96. The van der Waals surface area contributed by atoms with E-state index in [4.69, 9.17) is 5.11 Å². The first-order valence-electron chi connectivity index (χ1n) is 6.15. The minimum Gasteiger partial charge on any atom is -0.480 e. The molecule has 1 rings (SSSR count). The quantitative estimate of drug-likeness (QED) is 0.618. The van der Waals surface area contributed by atoms with E-state index in [2.05, 4.69) is 9.84 Å². The Hall–Kier alpha value is -1.94. The fourth-order valence-corrected chi connectivity index (χ4v) is 2.73. The van der Waals surface area contributed by atoms with Crippen molar-refractivity contribution in [1.82, 2.24) is 14.5 Å². The number of aromatic nitrogens is 2. The van der Waals surface area contributed by atoms with Crippen LogP contribution in [0.25, 0.3) is 0 Å². The van der Waals surface area contributed by atoms with Gasteiger partial charge in [-0.05, 0) is 13.3 Å².